The van der Waals surface area contributed by atoms with E-state index in [9.17, 15) is 0 Å². The molecule has 1 aromatic heterocycles. The zero-order valence-corrected chi connectivity index (χ0v) is 11.0. The summed E-state index contributed by atoms with van der Waals surface area (Å²) in [7, 11) is 0. The van der Waals surface area contributed by atoms with Gasteiger partial charge in [-0.25, -0.2) is 4.98 Å². The van der Waals surface area contributed by atoms with Gasteiger partial charge in [-0.05, 0) is 25.7 Å². The second kappa shape index (κ2) is 4.90. The predicted molar refractivity (Wildman–Crippen MR) is 70.5 cm³/mol. The smallest absolute Gasteiger partial charge is 0.205 e. The molecule has 0 aromatic carbocycles. The van der Waals surface area contributed by atoms with E-state index in [1.54, 1.807) is 11.5 Å². The third-order valence-electron chi connectivity index (χ3n) is 3.75. The highest BCUT2D eigenvalue weighted by Crippen LogP contribution is 2.40. The fourth-order valence-electron chi connectivity index (χ4n) is 2.64. The second-order valence-corrected chi connectivity index (χ2v) is 5.86. The van der Waals surface area contributed by atoms with Gasteiger partial charge in [0.05, 0.1) is 0 Å². The van der Waals surface area contributed by atoms with E-state index in [2.05, 4.69) is 9.27 Å². The van der Waals surface area contributed by atoms with Gasteiger partial charge in [-0.2, -0.15) is 4.37 Å². The molecule has 0 amide bonds. The largest absolute Gasteiger partial charge is 0.343 e. The Balaban J connectivity index is 1.75. The lowest BCUT2D eigenvalue weighted by atomic mass is 10.2. The summed E-state index contributed by atoms with van der Waals surface area (Å²) in [5.41, 5.74) is 5.73. The van der Waals surface area contributed by atoms with E-state index in [0.29, 0.717) is 18.5 Å². The molecule has 94 valence electrons. The number of aromatic nitrogens is 2. The van der Waals surface area contributed by atoms with Gasteiger partial charge >= 0.3 is 0 Å². The SMILES string of the molecule is NCCN(c1nc(C2CC2)ns1)C1CCCC1. The van der Waals surface area contributed by atoms with E-state index >= 15 is 0 Å². The summed E-state index contributed by atoms with van der Waals surface area (Å²) in [5.74, 6) is 1.73. The van der Waals surface area contributed by atoms with Crippen LogP contribution >= 0.6 is 11.5 Å². The van der Waals surface area contributed by atoms with Crippen LogP contribution in [-0.2, 0) is 0 Å². The van der Waals surface area contributed by atoms with E-state index in [-0.39, 0.29) is 0 Å². The van der Waals surface area contributed by atoms with Gasteiger partial charge in [0.25, 0.3) is 0 Å². The molecule has 0 saturated heterocycles. The molecule has 2 aliphatic rings. The van der Waals surface area contributed by atoms with Crippen molar-refractivity contribution in [2.75, 3.05) is 18.0 Å². The Hall–Kier alpha value is -0.680. The van der Waals surface area contributed by atoms with Crippen LogP contribution in [-0.4, -0.2) is 28.5 Å². The molecule has 4 nitrogen and oxygen atoms in total. The molecular weight excluding hydrogens is 232 g/mol. The van der Waals surface area contributed by atoms with E-state index < -0.39 is 0 Å². The van der Waals surface area contributed by atoms with Gasteiger partial charge in [0.2, 0.25) is 5.13 Å². The lowest BCUT2D eigenvalue weighted by Gasteiger charge is -2.27. The quantitative estimate of drug-likeness (QED) is 0.872. The lowest BCUT2D eigenvalue weighted by molar-refractivity contribution is 0.606. The van der Waals surface area contributed by atoms with Crippen molar-refractivity contribution in [3.63, 3.8) is 0 Å². The molecule has 0 aliphatic heterocycles. The van der Waals surface area contributed by atoms with E-state index in [0.717, 1.165) is 17.5 Å². The zero-order chi connectivity index (χ0) is 11.7. The Morgan fingerprint density at radius 1 is 1.24 bits per heavy atom. The fraction of sp³-hybridized carbons (Fsp3) is 0.833. The van der Waals surface area contributed by atoms with Gasteiger partial charge in [-0.3, -0.25) is 0 Å². The molecule has 2 N–H and O–H groups in total. The van der Waals surface area contributed by atoms with Crippen molar-refractivity contribution < 1.29 is 0 Å². The van der Waals surface area contributed by atoms with Gasteiger partial charge < -0.3 is 10.6 Å². The highest BCUT2D eigenvalue weighted by molar-refractivity contribution is 7.09. The van der Waals surface area contributed by atoms with Gasteiger partial charge in [0.15, 0.2) is 0 Å². The summed E-state index contributed by atoms with van der Waals surface area (Å²) >= 11 is 1.56. The molecule has 1 heterocycles. The number of nitrogens with zero attached hydrogens (tertiary/aromatic N) is 3. The normalized spacial score (nSPS) is 21.0. The number of anilines is 1. The van der Waals surface area contributed by atoms with Crippen LogP contribution in [0.5, 0.6) is 0 Å². The summed E-state index contributed by atoms with van der Waals surface area (Å²) in [5, 5.41) is 1.10. The number of nitrogens with two attached hydrogens (primary N) is 1. The molecule has 2 saturated carbocycles. The van der Waals surface area contributed by atoms with Gasteiger partial charge in [0.1, 0.15) is 5.82 Å². The standard InChI is InChI=1S/C12H20N4S/c13-7-8-16(10-3-1-2-4-10)12-14-11(15-17-12)9-5-6-9/h9-10H,1-8,13H2. The van der Waals surface area contributed by atoms with Crippen molar-refractivity contribution in [3.05, 3.63) is 5.82 Å². The van der Waals surface area contributed by atoms with Crippen LogP contribution in [0.15, 0.2) is 0 Å². The fourth-order valence-corrected chi connectivity index (χ4v) is 3.48. The molecule has 2 aliphatic carbocycles. The van der Waals surface area contributed by atoms with E-state index in [4.69, 9.17) is 10.7 Å². The van der Waals surface area contributed by atoms with Crippen molar-refractivity contribution in [3.8, 4) is 0 Å². The van der Waals surface area contributed by atoms with E-state index in [1.165, 1.54) is 38.5 Å². The lowest BCUT2D eigenvalue weighted by Crippen LogP contribution is -2.37. The average Bonchev–Trinajstić information content (AvgIpc) is 2.88. The van der Waals surface area contributed by atoms with Crippen LogP contribution < -0.4 is 10.6 Å². The minimum absolute atomic E-state index is 0.651. The first-order valence-electron chi connectivity index (χ1n) is 6.69. The molecule has 0 bridgehead atoms. The summed E-state index contributed by atoms with van der Waals surface area (Å²) in [6.45, 7) is 1.62. The van der Waals surface area contributed by atoms with Crippen LogP contribution in [0, 0.1) is 0 Å². The Kier molecular flexibility index (Phi) is 3.29. The van der Waals surface area contributed by atoms with Crippen LogP contribution in [0.4, 0.5) is 5.13 Å². The van der Waals surface area contributed by atoms with Gasteiger partial charge in [0, 0.05) is 36.6 Å². The Bertz CT molecular complexity index is 368. The van der Waals surface area contributed by atoms with Crippen molar-refractivity contribution in [2.45, 2.75) is 50.5 Å². The number of hydrogen-bond donors (Lipinski definition) is 1. The monoisotopic (exact) mass is 252 g/mol. The summed E-state index contributed by atoms with van der Waals surface area (Å²) in [6.07, 6.45) is 7.82. The summed E-state index contributed by atoms with van der Waals surface area (Å²) in [4.78, 5) is 7.11. The second-order valence-electron chi connectivity index (χ2n) is 5.13. The molecule has 0 atom stereocenters. The highest BCUT2D eigenvalue weighted by Gasteiger charge is 2.30. The zero-order valence-electron chi connectivity index (χ0n) is 10.1. The molecule has 0 spiro atoms. The third kappa shape index (κ3) is 2.45. The van der Waals surface area contributed by atoms with Crippen molar-refractivity contribution in [2.24, 2.45) is 5.73 Å². The minimum Gasteiger partial charge on any atom is -0.343 e. The molecule has 0 radical (unpaired) electrons. The molecule has 17 heavy (non-hydrogen) atoms. The van der Waals surface area contributed by atoms with Crippen LogP contribution in [0.25, 0.3) is 0 Å². The van der Waals surface area contributed by atoms with Gasteiger partial charge in [-0.1, -0.05) is 12.8 Å². The summed E-state index contributed by atoms with van der Waals surface area (Å²) < 4.78 is 4.50. The maximum Gasteiger partial charge on any atom is 0.205 e. The van der Waals surface area contributed by atoms with Crippen LogP contribution in [0.3, 0.4) is 0 Å². The maximum atomic E-state index is 5.73. The van der Waals surface area contributed by atoms with Crippen LogP contribution in [0.1, 0.15) is 50.3 Å². The van der Waals surface area contributed by atoms with Crippen LogP contribution in [0.2, 0.25) is 0 Å². The molecule has 3 rings (SSSR count). The molecule has 1 aromatic rings. The number of hydrogen-bond acceptors (Lipinski definition) is 5. The first kappa shape index (κ1) is 11.4. The molecular formula is C12H20N4S. The Morgan fingerprint density at radius 2 is 2.00 bits per heavy atom. The Labute approximate surface area is 106 Å². The highest BCUT2D eigenvalue weighted by atomic mass is 32.1. The van der Waals surface area contributed by atoms with Gasteiger partial charge in [-0.15, -0.1) is 0 Å². The Morgan fingerprint density at radius 3 is 2.65 bits per heavy atom. The summed E-state index contributed by atoms with van der Waals surface area (Å²) in [6, 6.07) is 0.651. The van der Waals surface area contributed by atoms with Crippen molar-refractivity contribution in [1.29, 1.82) is 0 Å². The molecule has 0 unspecified atom stereocenters. The third-order valence-corrected chi connectivity index (χ3v) is 4.52. The first-order valence-corrected chi connectivity index (χ1v) is 7.46. The molecule has 2 fully saturated rings. The first-order chi connectivity index (χ1) is 8.38. The topological polar surface area (TPSA) is 55.0 Å². The predicted octanol–water partition coefficient (Wildman–Crippen LogP) is 2.12. The van der Waals surface area contributed by atoms with E-state index in [1.807, 2.05) is 0 Å². The number of rotatable bonds is 5. The minimum atomic E-state index is 0.651. The van der Waals surface area contributed by atoms with Crippen molar-refractivity contribution >= 4 is 16.7 Å². The molecule has 5 heteroatoms. The maximum absolute atomic E-state index is 5.73. The average molecular weight is 252 g/mol. The van der Waals surface area contributed by atoms with Crippen molar-refractivity contribution in [1.82, 2.24) is 9.36 Å².